The third kappa shape index (κ3) is 5.20. The lowest BCUT2D eigenvalue weighted by Gasteiger charge is -2.34. The van der Waals surface area contributed by atoms with Crippen LogP contribution in [-0.2, 0) is 20.9 Å². The molecule has 9 heteroatoms. The van der Waals surface area contributed by atoms with Crippen LogP contribution >= 0.6 is 0 Å². The Labute approximate surface area is 177 Å². The van der Waals surface area contributed by atoms with E-state index in [0.29, 0.717) is 6.54 Å². The Balaban J connectivity index is 1.58. The lowest BCUT2D eigenvalue weighted by atomic mass is 9.96. The molecule has 164 valence electrons. The molecule has 0 aromatic carbocycles. The number of nitrogens with zero attached hydrogens (tertiary/aromatic N) is 4. The Morgan fingerprint density at radius 3 is 2.47 bits per heavy atom. The number of guanidine groups is 1. The molecule has 0 spiro atoms. The highest BCUT2D eigenvalue weighted by Gasteiger charge is 2.28. The minimum absolute atomic E-state index is 0.0300. The smallest absolute Gasteiger partial charge is 0.308 e. The number of primary amides is 1. The molecule has 2 fully saturated rings. The second-order valence-corrected chi connectivity index (χ2v) is 7.84. The number of hydrogen-bond donors (Lipinski definition) is 2. The van der Waals surface area contributed by atoms with E-state index in [4.69, 9.17) is 10.5 Å². The monoisotopic (exact) mass is 416 g/mol. The van der Waals surface area contributed by atoms with Crippen LogP contribution in [0.5, 0.6) is 0 Å². The number of pyridine rings is 1. The summed E-state index contributed by atoms with van der Waals surface area (Å²) in [6.07, 6.45) is 4.84. The highest BCUT2D eigenvalue weighted by molar-refractivity contribution is 5.80. The largest absolute Gasteiger partial charge is 0.469 e. The van der Waals surface area contributed by atoms with Crippen LogP contribution in [0.15, 0.2) is 23.3 Å². The number of anilines is 1. The summed E-state index contributed by atoms with van der Waals surface area (Å²) in [5, 5.41) is 3.44. The third-order valence-electron chi connectivity index (χ3n) is 6.04. The number of esters is 1. The maximum atomic E-state index is 11.7. The molecule has 0 aliphatic carbocycles. The van der Waals surface area contributed by atoms with Gasteiger partial charge in [-0.05, 0) is 31.7 Å². The Hall–Kier alpha value is -2.84. The van der Waals surface area contributed by atoms with Crippen LogP contribution in [0.3, 0.4) is 0 Å². The van der Waals surface area contributed by atoms with Gasteiger partial charge in [0, 0.05) is 57.4 Å². The van der Waals surface area contributed by atoms with Crippen LogP contribution in [-0.4, -0.2) is 68.1 Å². The van der Waals surface area contributed by atoms with E-state index in [1.807, 2.05) is 6.07 Å². The highest BCUT2D eigenvalue weighted by atomic mass is 16.5. The van der Waals surface area contributed by atoms with E-state index in [-0.39, 0.29) is 23.7 Å². The number of amides is 1. The number of nitrogens with one attached hydrogen (secondary N) is 1. The molecule has 1 amide bonds. The number of likely N-dealkylation sites (tertiary alicyclic amines) is 1. The van der Waals surface area contributed by atoms with Gasteiger partial charge in [-0.3, -0.25) is 14.6 Å². The zero-order valence-electron chi connectivity index (χ0n) is 17.8. The number of nitrogens with two attached hydrogens (primary N) is 1. The van der Waals surface area contributed by atoms with Gasteiger partial charge in [0.1, 0.15) is 5.82 Å². The number of carbonyl (C=O) groups excluding carboxylic acids is 2. The number of ether oxygens (including phenoxy) is 1. The van der Waals surface area contributed by atoms with Gasteiger partial charge in [-0.15, -0.1) is 0 Å². The number of rotatable bonds is 5. The van der Waals surface area contributed by atoms with Gasteiger partial charge in [0.25, 0.3) is 0 Å². The molecule has 0 bridgehead atoms. The Bertz CT molecular complexity index is 768. The van der Waals surface area contributed by atoms with Gasteiger partial charge in [0.2, 0.25) is 5.91 Å². The Morgan fingerprint density at radius 1 is 1.20 bits per heavy atom. The fraction of sp³-hybridized carbons (Fsp3) is 0.619. The van der Waals surface area contributed by atoms with E-state index >= 15 is 0 Å². The molecule has 3 rings (SSSR count). The van der Waals surface area contributed by atoms with Crippen molar-refractivity contribution in [1.82, 2.24) is 15.2 Å². The van der Waals surface area contributed by atoms with Crippen molar-refractivity contribution in [3.63, 3.8) is 0 Å². The average molecular weight is 417 g/mol. The van der Waals surface area contributed by atoms with Gasteiger partial charge >= 0.3 is 5.97 Å². The summed E-state index contributed by atoms with van der Waals surface area (Å²) in [6.45, 7) is 3.67. The van der Waals surface area contributed by atoms with Crippen molar-refractivity contribution in [2.45, 2.75) is 32.2 Å². The van der Waals surface area contributed by atoms with Gasteiger partial charge in [0.15, 0.2) is 5.96 Å². The summed E-state index contributed by atoms with van der Waals surface area (Å²) in [5.41, 5.74) is 6.54. The lowest BCUT2D eigenvalue weighted by Crippen LogP contribution is -2.46. The number of hydrogen-bond acceptors (Lipinski definition) is 6. The number of aromatic nitrogens is 1. The number of carbonyl (C=O) groups is 2. The molecule has 3 N–H and O–H groups in total. The van der Waals surface area contributed by atoms with Crippen molar-refractivity contribution in [2.75, 3.05) is 45.2 Å². The number of aliphatic imine (C=N–C) groups is 1. The topological polar surface area (TPSA) is 113 Å². The summed E-state index contributed by atoms with van der Waals surface area (Å²) in [5.74, 6) is 1.35. The van der Waals surface area contributed by atoms with E-state index < -0.39 is 0 Å². The minimum Gasteiger partial charge on any atom is -0.469 e. The molecule has 9 nitrogen and oxygen atoms in total. The maximum Gasteiger partial charge on any atom is 0.308 e. The summed E-state index contributed by atoms with van der Waals surface area (Å²) >= 11 is 0. The first kappa shape index (κ1) is 21.9. The van der Waals surface area contributed by atoms with Crippen LogP contribution in [0.2, 0.25) is 0 Å². The van der Waals surface area contributed by atoms with Gasteiger partial charge in [-0.2, -0.15) is 0 Å². The summed E-state index contributed by atoms with van der Waals surface area (Å²) in [4.78, 5) is 36.6. The first-order valence-electron chi connectivity index (χ1n) is 10.5. The quantitative estimate of drug-likeness (QED) is 0.414. The van der Waals surface area contributed by atoms with Crippen LogP contribution in [0.4, 0.5) is 5.82 Å². The second-order valence-electron chi connectivity index (χ2n) is 7.84. The minimum atomic E-state index is -0.211. The van der Waals surface area contributed by atoms with E-state index in [0.717, 1.165) is 69.2 Å². The molecule has 2 aliphatic rings. The van der Waals surface area contributed by atoms with Crippen molar-refractivity contribution in [2.24, 2.45) is 22.6 Å². The standard InChI is InChI=1S/C21H32N6O3/c1-23-21(27-12-7-16(8-13-27)20(29)30-2)25-14-17-4-3-9-24-19(17)26-10-5-15(6-11-26)18(22)28/h3-4,9,15-16H,5-8,10-14H2,1-2H3,(H2,22,28)(H,23,25). The number of piperidine rings is 2. The molecule has 2 saturated heterocycles. The number of methoxy groups -OCH3 is 1. The van der Waals surface area contributed by atoms with Crippen molar-refractivity contribution >= 4 is 23.7 Å². The lowest BCUT2D eigenvalue weighted by molar-refractivity contribution is -0.146. The molecule has 0 atom stereocenters. The molecule has 0 radical (unpaired) electrons. The fourth-order valence-corrected chi connectivity index (χ4v) is 4.23. The summed E-state index contributed by atoms with van der Waals surface area (Å²) in [7, 11) is 3.21. The Kier molecular flexibility index (Phi) is 7.48. The zero-order chi connectivity index (χ0) is 21.5. The molecular formula is C21H32N6O3. The first-order valence-corrected chi connectivity index (χ1v) is 10.5. The summed E-state index contributed by atoms with van der Waals surface area (Å²) < 4.78 is 4.87. The third-order valence-corrected chi connectivity index (χ3v) is 6.04. The van der Waals surface area contributed by atoms with E-state index in [1.165, 1.54) is 7.11 Å². The maximum absolute atomic E-state index is 11.7. The molecule has 0 saturated carbocycles. The average Bonchev–Trinajstić information content (AvgIpc) is 2.79. The molecule has 1 aromatic rings. The van der Waals surface area contributed by atoms with E-state index in [9.17, 15) is 9.59 Å². The predicted octanol–water partition coefficient (Wildman–Crippen LogP) is 0.744. The van der Waals surface area contributed by atoms with Crippen molar-refractivity contribution < 1.29 is 14.3 Å². The zero-order valence-corrected chi connectivity index (χ0v) is 17.8. The van der Waals surface area contributed by atoms with Crippen molar-refractivity contribution in [3.8, 4) is 0 Å². The van der Waals surface area contributed by atoms with E-state index in [2.05, 4.69) is 31.2 Å². The van der Waals surface area contributed by atoms with Crippen LogP contribution in [0.1, 0.15) is 31.2 Å². The molecular weight excluding hydrogens is 384 g/mol. The molecule has 1 aromatic heterocycles. The van der Waals surface area contributed by atoms with Gasteiger partial charge in [0.05, 0.1) is 13.0 Å². The van der Waals surface area contributed by atoms with Crippen molar-refractivity contribution in [1.29, 1.82) is 0 Å². The molecule has 30 heavy (non-hydrogen) atoms. The Morgan fingerprint density at radius 2 is 1.87 bits per heavy atom. The van der Waals surface area contributed by atoms with Gasteiger partial charge < -0.3 is 25.6 Å². The summed E-state index contributed by atoms with van der Waals surface area (Å²) in [6, 6.07) is 3.99. The van der Waals surface area contributed by atoms with Gasteiger partial charge in [-0.25, -0.2) is 4.98 Å². The fourth-order valence-electron chi connectivity index (χ4n) is 4.23. The second kappa shape index (κ2) is 10.3. The van der Waals surface area contributed by atoms with Gasteiger partial charge in [-0.1, -0.05) is 6.07 Å². The van der Waals surface area contributed by atoms with Crippen LogP contribution < -0.4 is 16.0 Å². The predicted molar refractivity (Wildman–Crippen MR) is 115 cm³/mol. The molecule has 0 unspecified atom stereocenters. The highest BCUT2D eigenvalue weighted by Crippen LogP contribution is 2.24. The molecule has 3 heterocycles. The van der Waals surface area contributed by atoms with Crippen LogP contribution in [0, 0.1) is 11.8 Å². The van der Waals surface area contributed by atoms with Crippen LogP contribution in [0.25, 0.3) is 0 Å². The molecule has 2 aliphatic heterocycles. The first-order chi connectivity index (χ1) is 14.5. The van der Waals surface area contributed by atoms with E-state index in [1.54, 1.807) is 13.2 Å². The normalized spacial score (nSPS) is 18.9. The SMILES string of the molecule is CN=C(NCc1cccnc1N1CCC(C(N)=O)CC1)N1CCC(C(=O)OC)CC1. The van der Waals surface area contributed by atoms with Crippen molar-refractivity contribution in [3.05, 3.63) is 23.9 Å².